The minimum absolute atomic E-state index is 0.0331. The Labute approximate surface area is 115 Å². The summed E-state index contributed by atoms with van der Waals surface area (Å²) in [4.78, 5) is 27.4. The number of hydrogen-bond acceptors (Lipinski definition) is 4. The Morgan fingerprint density at radius 1 is 1.61 bits per heavy atom. The molecule has 0 aliphatic heterocycles. The van der Waals surface area contributed by atoms with Gasteiger partial charge in [0.25, 0.3) is 0 Å². The fourth-order valence-corrected chi connectivity index (χ4v) is 2.93. The minimum Gasteiger partial charge on any atom is -0.478 e. The number of nitrogens with zero attached hydrogens (tertiary/aromatic N) is 2. The van der Waals surface area contributed by atoms with Crippen molar-refractivity contribution in [2.24, 2.45) is 0 Å². The molecule has 2 aromatic heterocycles. The maximum atomic E-state index is 11.7. The van der Waals surface area contributed by atoms with Gasteiger partial charge in [-0.1, -0.05) is 0 Å². The van der Waals surface area contributed by atoms with E-state index in [1.807, 2.05) is 5.38 Å². The van der Waals surface area contributed by atoms with Crippen LogP contribution in [0.25, 0.3) is 10.6 Å². The summed E-state index contributed by atoms with van der Waals surface area (Å²) in [6.07, 6.45) is 1.33. The largest absolute Gasteiger partial charge is 0.478 e. The van der Waals surface area contributed by atoms with E-state index in [2.05, 4.69) is 20.9 Å². The summed E-state index contributed by atoms with van der Waals surface area (Å²) >= 11 is 4.63. The average molecular weight is 329 g/mol. The monoisotopic (exact) mass is 328 g/mol. The first-order chi connectivity index (χ1) is 8.52. The van der Waals surface area contributed by atoms with E-state index in [9.17, 15) is 14.7 Å². The molecule has 0 radical (unpaired) electrons. The van der Waals surface area contributed by atoms with Gasteiger partial charge in [-0.2, -0.15) is 4.98 Å². The first-order valence-corrected chi connectivity index (χ1v) is 6.79. The number of carboxylic acids is 1. The number of thiophene rings is 1. The highest BCUT2D eigenvalue weighted by Gasteiger charge is 2.17. The smallest absolute Gasteiger partial charge is 0.348 e. The molecule has 2 aromatic rings. The van der Waals surface area contributed by atoms with Gasteiger partial charge in [0.2, 0.25) is 0 Å². The second-order valence-corrected chi connectivity index (χ2v) is 5.33. The summed E-state index contributed by atoms with van der Waals surface area (Å²) in [5.74, 6) is -1.09. The van der Waals surface area contributed by atoms with Gasteiger partial charge in [-0.25, -0.2) is 9.59 Å². The van der Waals surface area contributed by atoms with Crippen LogP contribution in [0.15, 0.2) is 26.9 Å². The number of carbonyl (C=O) groups is 1. The minimum atomic E-state index is -1.09. The van der Waals surface area contributed by atoms with Crippen LogP contribution in [-0.4, -0.2) is 20.6 Å². The second kappa shape index (κ2) is 5.03. The zero-order valence-corrected chi connectivity index (χ0v) is 11.8. The van der Waals surface area contributed by atoms with E-state index >= 15 is 0 Å². The van der Waals surface area contributed by atoms with Crippen molar-refractivity contribution in [1.82, 2.24) is 9.55 Å². The van der Waals surface area contributed by atoms with E-state index in [1.54, 1.807) is 13.0 Å². The van der Waals surface area contributed by atoms with Crippen LogP contribution in [0.1, 0.15) is 17.3 Å². The van der Waals surface area contributed by atoms with Gasteiger partial charge in [-0.3, -0.25) is 4.57 Å². The molecule has 0 amide bonds. The van der Waals surface area contributed by atoms with Crippen molar-refractivity contribution in [3.8, 4) is 10.6 Å². The Morgan fingerprint density at radius 2 is 2.33 bits per heavy atom. The molecule has 0 atom stereocenters. The molecule has 0 spiro atoms. The van der Waals surface area contributed by atoms with Crippen molar-refractivity contribution in [3.63, 3.8) is 0 Å². The van der Waals surface area contributed by atoms with Gasteiger partial charge in [0, 0.05) is 22.6 Å². The van der Waals surface area contributed by atoms with Crippen LogP contribution in [0.3, 0.4) is 0 Å². The maximum absolute atomic E-state index is 11.7. The van der Waals surface area contributed by atoms with E-state index in [1.165, 1.54) is 22.1 Å². The normalized spacial score (nSPS) is 10.6. The van der Waals surface area contributed by atoms with Gasteiger partial charge >= 0.3 is 11.7 Å². The lowest BCUT2D eigenvalue weighted by Gasteiger charge is -2.06. The molecule has 0 saturated heterocycles. The fraction of sp³-hybridized carbons (Fsp3) is 0.182. The lowest BCUT2D eigenvalue weighted by Crippen LogP contribution is -2.24. The van der Waals surface area contributed by atoms with E-state index in [4.69, 9.17) is 0 Å². The van der Waals surface area contributed by atoms with Crippen molar-refractivity contribution in [2.75, 3.05) is 0 Å². The first kappa shape index (κ1) is 13.0. The summed E-state index contributed by atoms with van der Waals surface area (Å²) in [6, 6.07) is 1.75. The van der Waals surface area contributed by atoms with Crippen LogP contribution in [0.2, 0.25) is 0 Å². The first-order valence-electron chi connectivity index (χ1n) is 5.12. The second-order valence-electron chi connectivity index (χ2n) is 3.51. The van der Waals surface area contributed by atoms with Gasteiger partial charge in [-0.15, -0.1) is 11.3 Å². The number of hydrogen-bond donors (Lipinski definition) is 1. The van der Waals surface area contributed by atoms with Gasteiger partial charge in [-0.05, 0) is 28.9 Å². The van der Waals surface area contributed by atoms with Gasteiger partial charge in [0.15, 0.2) is 0 Å². The van der Waals surface area contributed by atoms with Crippen LogP contribution >= 0.6 is 27.3 Å². The molecule has 0 fully saturated rings. The average Bonchev–Trinajstić information content (AvgIpc) is 2.75. The number of aromatic nitrogens is 2. The molecule has 5 nitrogen and oxygen atoms in total. The zero-order chi connectivity index (χ0) is 13.3. The third kappa shape index (κ3) is 2.37. The predicted molar refractivity (Wildman–Crippen MR) is 72.1 cm³/mol. The standard InChI is InChI=1S/C11H9BrN2O3S/c1-2-14-4-7(10(15)16)9(13-11(14)17)8-3-6(12)5-18-8/h3-5H,2H2,1H3,(H,15,16). The summed E-state index contributed by atoms with van der Waals surface area (Å²) in [7, 11) is 0. The molecule has 0 saturated carbocycles. The fourth-order valence-electron chi connectivity index (χ4n) is 1.50. The lowest BCUT2D eigenvalue weighted by atomic mass is 10.2. The van der Waals surface area contributed by atoms with Crippen LogP contribution < -0.4 is 5.69 Å². The molecule has 0 unspecified atom stereocenters. The SMILES string of the molecule is CCn1cc(C(=O)O)c(-c2cc(Br)cs2)nc1=O. The van der Waals surface area contributed by atoms with Crippen molar-refractivity contribution >= 4 is 33.2 Å². The van der Waals surface area contributed by atoms with E-state index in [0.29, 0.717) is 11.4 Å². The zero-order valence-electron chi connectivity index (χ0n) is 9.38. The lowest BCUT2D eigenvalue weighted by molar-refractivity contribution is 0.0696. The molecule has 7 heteroatoms. The highest BCUT2D eigenvalue weighted by atomic mass is 79.9. The predicted octanol–water partition coefficient (Wildman–Crippen LogP) is 2.45. The topological polar surface area (TPSA) is 72.2 Å². The molecular weight excluding hydrogens is 320 g/mol. The summed E-state index contributed by atoms with van der Waals surface area (Å²) in [5, 5.41) is 11.0. The van der Waals surface area contributed by atoms with Crippen molar-refractivity contribution in [2.45, 2.75) is 13.5 Å². The van der Waals surface area contributed by atoms with Crippen LogP contribution in [0.5, 0.6) is 0 Å². The Morgan fingerprint density at radius 3 is 2.83 bits per heavy atom. The molecule has 2 rings (SSSR count). The summed E-state index contributed by atoms with van der Waals surface area (Å²) in [6.45, 7) is 2.15. The summed E-state index contributed by atoms with van der Waals surface area (Å²) in [5.41, 5.74) is -0.194. The number of aryl methyl sites for hydroxylation is 1. The number of rotatable bonds is 3. The molecule has 0 bridgehead atoms. The summed E-state index contributed by atoms with van der Waals surface area (Å²) < 4.78 is 2.11. The van der Waals surface area contributed by atoms with Gasteiger partial charge in [0.1, 0.15) is 11.3 Å². The van der Waals surface area contributed by atoms with Crippen LogP contribution in [0.4, 0.5) is 0 Å². The molecule has 94 valence electrons. The van der Waals surface area contributed by atoms with Crippen molar-refractivity contribution in [1.29, 1.82) is 0 Å². The number of carboxylic acid groups (broad SMARTS) is 1. The maximum Gasteiger partial charge on any atom is 0.348 e. The highest BCUT2D eigenvalue weighted by molar-refractivity contribution is 9.10. The number of aromatic carboxylic acids is 1. The van der Waals surface area contributed by atoms with Crippen LogP contribution in [-0.2, 0) is 6.54 Å². The Kier molecular flexibility index (Phi) is 3.63. The third-order valence-corrected chi connectivity index (χ3v) is 4.06. The van der Waals surface area contributed by atoms with Crippen molar-refractivity contribution < 1.29 is 9.90 Å². The molecule has 0 aliphatic rings. The quantitative estimate of drug-likeness (QED) is 0.939. The van der Waals surface area contributed by atoms with E-state index in [-0.39, 0.29) is 11.3 Å². The van der Waals surface area contributed by atoms with Crippen molar-refractivity contribution in [3.05, 3.63) is 38.2 Å². The molecular formula is C11H9BrN2O3S. The third-order valence-electron chi connectivity index (χ3n) is 2.37. The molecule has 0 aromatic carbocycles. The Bertz CT molecular complexity index is 663. The Balaban J connectivity index is 2.69. The van der Waals surface area contributed by atoms with Gasteiger partial charge < -0.3 is 5.11 Å². The molecule has 2 heterocycles. The molecule has 1 N–H and O–H groups in total. The Hall–Kier alpha value is -1.47. The van der Waals surface area contributed by atoms with E-state index in [0.717, 1.165) is 4.47 Å². The van der Waals surface area contributed by atoms with E-state index < -0.39 is 11.7 Å². The van der Waals surface area contributed by atoms with Gasteiger partial charge in [0.05, 0.1) is 4.88 Å². The number of halogens is 1. The van der Waals surface area contributed by atoms with Crippen LogP contribution in [0, 0.1) is 0 Å². The molecule has 0 aliphatic carbocycles. The highest BCUT2D eigenvalue weighted by Crippen LogP contribution is 2.30. The molecule has 18 heavy (non-hydrogen) atoms.